The maximum Gasteiger partial charge on any atom is 0.311 e. The monoisotopic (exact) mass is 402 g/mol. The van der Waals surface area contributed by atoms with Crippen LogP contribution in [-0.4, -0.2) is 21.4 Å². The first kappa shape index (κ1) is 21.6. The molecule has 3 rings (SSSR count). The van der Waals surface area contributed by atoms with E-state index in [2.05, 4.69) is 65.5 Å². The van der Waals surface area contributed by atoms with Gasteiger partial charge in [-0.3, -0.25) is 4.79 Å². The number of rotatable bonds is 4. The van der Waals surface area contributed by atoms with Gasteiger partial charge in [0, 0.05) is 0 Å². The lowest BCUT2D eigenvalue weighted by Gasteiger charge is -2.54. The summed E-state index contributed by atoms with van der Waals surface area (Å²) in [6.07, 6.45) is 5.23. The van der Waals surface area contributed by atoms with Crippen molar-refractivity contribution in [1.82, 2.24) is 0 Å². The first-order valence-electron chi connectivity index (χ1n) is 10.8. The highest BCUT2D eigenvalue weighted by molar-refractivity contribution is 6.69. The summed E-state index contributed by atoms with van der Waals surface area (Å²) in [4.78, 5) is 12.7. The molecule has 0 heterocycles. The molecular weight excluding hydrogens is 364 g/mol. The van der Waals surface area contributed by atoms with Gasteiger partial charge in [0.05, 0.1) is 18.1 Å². The van der Waals surface area contributed by atoms with Crippen LogP contribution in [0.3, 0.4) is 0 Å². The molecule has 4 heteroatoms. The van der Waals surface area contributed by atoms with Crippen molar-refractivity contribution in [2.24, 2.45) is 11.3 Å². The van der Waals surface area contributed by atoms with E-state index < -0.39 is 8.32 Å². The third kappa shape index (κ3) is 3.58. The van der Waals surface area contributed by atoms with E-state index in [1.165, 1.54) is 23.8 Å². The molecule has 28 heavy (non-hydrogen) atoms. The molecule has 0 spiro atoms. The highest BCUT2D eigenvalue weighted by atomic mass is 28.4. The van der Waals surface area contributed by atoms with Gasteiger partial charge in [-0.25, -0.2) is 0 Å². The molecule has 1 saturated carbocycles. The summed E-state index contributed by atoms with van der Waals surface area (Å²) in [6, 6.07) is 6.97. The lowest BCUT2D eigenvalue weighted by Crippen LogP contribution is -2.52. The van der Waals surface area contributed by atoms with Crippen LogP contribution in [-0.2, 0) is 31.4 Å². The van der Waals surface area contributed by atoms with E-state index in [1.807, 2.05) is 0 Å². The summed E-state index contributed by atoms with van der Waals surface area (Å²) in [5.41, 5.74) is 3.53. The van der Waals surface area contributed by atoms with Crippen molar-refractivity contribution in [2.45, 2.75) is 90.5 Å². The summed E-state index contributed by atoms with van der Waals surface area (Å²) < 4.78 is 11.7. The zero-order valence-corrected chi connectivity index (χ0v) is 20.1. The first-order valence-corrected chi connectivity index (χ1v) is 14.2. The Morgan fingerprint density at radius 2 is 1.86 bits per heavy atom. The largest absolute Gasteiger partial charge is 0.469 e. The zero-order chi connectivity index (χ0) is 21.0. The molecule has 0 N–H and O–H groups in total. The minimum absolute atomic E-state index is 0.0341. The Hall–Kier alpha value is -1.13. The Balaban J connectivity index is 2.00. The Morgan fingerprint density at radius 3 is 2.46 bits per heavy atom. The molecule has 2 aliphatic carbocycles. The molecule has 156 valence electrons. The fourth-order valence-electron chi connectivity index (χ4n) is 6.17. The quantitative estimate of drug-likeness (QED) is 0.461. The van der Waals surface area contributed by atoms with Gasteiger partial charge in [0.25, 0.3) is 0 Å². The van der Waals surface area contributed by atoms with Crippen molar-refractivity contribution >= 4 is 14.3 Å². The number of fused-ring (bicyclic) bond motifs is 3. The molecule has 0 saturated heterocycles. The van der Waals surface area contributed by atoms with Gasteiger partial charge in [0.15, 0.2) is 8.32 Å². The summed E-state index contributed by atoms with van der Waals surface area (Å²) in [7, 11) is -0.110. The molecule has 0 radical (unpaired) electrons. The van der Waals surface area contributed by atoms with E-state index in [0.29, 0.717) is 5.92 Å². The number of ether oxygens (including phenoxy) is 1. The molecule has 1 fully saturated rings. The third-order valence-electron chi connectivity index (χ3n) is 7.26. The Kier molecular flexibility index (Phi) is 5.38. The van der Waals surface area contributed by atoms with Crippen LogP contribution >= 0.6 is 0 Å². The van der Waals surface area contributed by atoms with Crippen molar-refractivity contribution in [2.75, 3.05) is 7.11 Å². The summed E-state index contributed by atoms with van der Waals surface area (Å²) in [6.45, 7) is 15.6. The van der Waals surface area contributed by atoms with Crippen LogP contribution in [0.5, 0.6) is 0 Å². The predicted molar refractivity (Wildman–Crippen MR) is 117 cm³/mol. The molecular formula is C24H38O3Si. The number of carbonyl (C=O) groups excluding carboxylic acids is 1. The minimum atomic E-state index is -1.64. The van der Waals surface area contributed by atoms with Gasteiger partial charge in [-0.1, -0.05) is 31.5 Å². The minimum Gasteiger partial charge on any atom is -0.469 e. The van der Waals surface area contributed by atoms with Crippen LogP contribution < -0.4 is 0 Å². The van der Waals surface area contributed by atoms with Crippen molar-refractivity contribution < 1.29 is 14.0 Å². The number of carbonyl (C=O) groups is 1. The second-order valence-corrected chi connectivity index (χ2v) is 15.3. The lowest BCUT2D eigenvalue weighted by atomic mass is 9.49. The number of hydrogen-bond acceptors (Lipinski definition) is 3. The van der Waals surface area contributed by atoms with E-state index in [1.54, 1.807) is 0 Å². The number of hydrogen-bond donors (Lipinski definition) is 0. The highest BCUT2D eigenvalue weighted by Crippen LogP contribution is 2.57. The van der Waals surface area contributed by atoms with Crippen LogP contribution in [0.2, 0.25) is 19.6 Å². The molecule has 1 aromatic rings. The Labute approximate surface area is 172 Å². The fourth-order valence-corrected chi connectivity index (χ4v) is 7.82. The second-order valence-electron chi connectivity index (χ2n) is 10.9. The van der Waals surface area contributed by atoms with Gasteiger partial charge in [-0.2, -0.15) is 0 Å². The zero-order valence-electron chi connectivity index (χ0n) is 19.1. The molecule has 3 atom stereocenters. The molecule has 2 aliphatic rings. The highest BCUT2D eigenvalue weighted by Gasteiger charge is 2.55. The van der Waals surface area contributed by atoms with E-state index in [9.17, 15) is 4.79 Å². The number of methoxy groups -OCH3 is 1. The van der Waals surface area contributed by atoms with Gasteiger partial charge < -0.3 is 9.16 Å². The average molecular weight is 403 g/mol. The molecule has 0 aromatic heterocycles. The first-order chi connectivity index (χ1) is 12.8. The maximum absolute atomic E-state index is 12.7. The van der Waals surface area contributed by atoms with E-state index in [4.69, 9.17) is 9.16 Å². The summed E-state index contributed by atoms with van der Waals surface area (Å²) >= 11 is 0. The Bertz CT molecular complexity index is 764. The molecule has 0 amide bonds. The topological polar surface area (TPSA) is 35.5 Å². The molecule has 3 nitrogen and oxygen atoms in total. The van der Waals surface area contributed by atoms with E-state index >= 15 is 0 Å². The number of benzene rings is 1. The normalized spacial score (nSPS) is 30.4. The fraction of sp³-hybridized carbons (Fsp3) is 0.708. The summed E-state index contributed by atoms with van der Waals surface area (Å²) in [5.74, 6) is 0.305. The van der Waals surface area contributed by atoms with Crippen molar-refractivity contribution in [1.29, 1.82) is 0 Å². The van der Waals surface area contributed by atoms with Crippen LogP contribution in [0.15, 0.2) is 18.2 Å². The number of aryl methyl sites for hydroxylation is 1. The van der Waals surface area contributed by atoms with Gasteiger partial charge in [0.1, 0.15) is 0 Å². The maximum atomic E-state index is 12.7. The van der Waals surface area contributed by atoms with Gasteiger partial charge >= 0.3 is 5.97 Å². The Morgan fingerprint density at radius 1 is 1.18 bits per heavy atom. The van der Waals surface area contributed by atoms with Gasteiger partial charge in [-0.05, 0) is 94.1 Å². The van der Waals surface area contributed by atoms with Crippen molar-refractivity contribution in [3.05, 3.63) is 34.9 Å². The smallest absolute Gasteiger partial charge is 0.311 e. The van der Waals surface area contributed by atoms with Gasteiger partial charge in [-0.15, -0.1) is 0 Å². The van der Waals surface area contributed by atoms with Crippen molar-refractivity contribution in [3.8, 4) is 0 Å². The average Bonchev–Trinajstić information content (AvgIpc) is 2.58. The lowest BCUT2D eigenvalue weighted by molar-refractivity contribution is -0.161. The SMILES string of the molecule is COC(=O)C1(C)CCCC2(C)c3ccc(C(C)(C)O[Si](C)(C)C)cc3CCC12. The standard InChI is InChI=1S/C24H38O3Si/c1-22(2,27-28(6,7)8)18-11-12-19-17(16-18)10-13-20-23(19,3)14-9-15-24(20,4)21(25)26-5/h11-12,16,20H,9-10,13-15H2,1-8H3. The van der Waals surface area contributed by atoms with Crippen LogP contribution in [0.4, 0.5) is 0 Å². The molecule has 0 aliphatic heterocycles. The van der Waals surface area contributed by atoms with E-state index in [-0.39, 0.29) is 22.4 Å². The van der Waals surface area contributed by atoms with Gasteiger partial charge in [0.2, 0.25) is 0 Å². The van der Waals surface area contributed by atoms with Crippen molar-refractivity contribution in [3.63, 3.8) is 0 Å². The second kappa shape index (κ2) is 6.98. The number of esters is 1. The molecule has 0 bridgehead atoms. The van der Waals surface area contributed by atoms with Crippen LogP contribution in [0.25, 0.3) is 0 Å². The molecule has 1 aromatic carbocycles. The van der Waals surface area contributed by atoms with E-state index in [0.717, 1.165) is 32.1 Å². The predicted octanol–water partition coefficient (Wildman–Crippen LogP) is 5.96. The van der Waals surface area contributed by atoms with Crippen LogP contribution in [0.1, 0.15) is 70.1 Å². The van der Waals surface area contributed by atoms with Crippen LogP contribution in [0, 0.1) is 11.3 Å². The third-order valence-corrected chi connectivity index (χ3v) is 8.38. The molecule has 3 unspecified atom stereocenters. The summed E-state index contributed by atoms with van der Waals surface area (Å²) in [5, 5.41) is 0.